The maximum Gasteiger partial charge on any atom is 1.00 e. The fourth-order valence-electron chi connectivity index (χ4n) is 1.31. The number of aliphatic hydroxyl groups excluding tert-OH is 1. The summed E-state index contributed by atoms with van der Waals surface area (Å²) in [5, 5.41) is 9.32. The Hall–Kier alpha value is 1.86. The Morgan fingerprint density at radius 1 is 1.42 bits per heavy atom. The summed E-state index contributed by atoms with van der Waals surface area (Å²) in [6.07, 6.45) is -3.14. The first-order chi connectivity index (χ1) is 7.78. The molecule has 0 saturated carbocycles. The number of hydrogen-bond acceptors (Lipinski definition) is 9. The van der Waals surface area contributed by atoms with Crippen LogP contribution in [0.4, 0.5) is 0 Å². The normalized spacial score (nSPS) is 28.9. The second-order valence-electron chi connectivity index (χ2n) is 3.29. The summed E-state index contributed by atoms with van der Waals surface area (Å²) in [4.78, 5) is 0. The summed E-state index contributed by atoms with van der Waals surface area (Å²) < 4.78 is 64.4. The van der Waals surface area contributed by atoms with Crippen LogP contribution >= 0.6 is 0 Å². The molecule has 1 N–H and O–H groups in total. The predicted molar refractivity (Wildman–Crippen MR) is 49.8 cm³/mol. The van der Waals surface area contributed by atoms with Gasteiger partial charge in [0.15, 0.2) is 0 Å². The zero-order valence-electron chi connectivity index (χ0n) is 10.4. The van der Waals surface area contributed by atoms with Crippen LogP contribution in [-0.2, 0) is 34.9 Å². The second-order valence-corrected chi connectivity index (χ2v) is 4.94. The summed E-state index contributed by atoms with van der Waals surface area (Å²) in [6.45, 7) is -0.793. The van der Waals surface area contributed by atoms with E-state index in [-0.39, 0.29) is 72.1 Å². The molecular weight excluding hydrogens is 326 g/mol. The Morgan fingerprint density at radius 2 is 2.00 bits per heavy atom. The Bertz CT molecular complexity index is 375. The van der Waals surface area contributed by atoms with E-state index in [1.54, 1.807) is 0 Å². The number of aliphatic hydroxyl groups is 1. The van der Waals surface area contributed by atoms with E-state index >= 15 is 0 Å². The van der Waals surface area contributed by atoms with Gasteiger partial charge in [0, 0.05) is 6.42 Å². The summed E-state index contributed by atoms with van der Waals surface area (Å²) in [6, 6.07) is 0. The average molecular weight is 336 g/mol. The van der Waals surface area contributed by atoms with Crippen molar-refractivity contribution in [2.45, 2.75) is 24.7 Å². The first-order valence-corrected chi connectivity index (χ1v) is 6.77. The van der Waals surface area contributed by atoms with E-state index in [1.165, 1.54) is 0 Å². The molecule has 4 unspecified atom stereocenters. The maximum absolute atomic E-state index is 10.3. The molecule has 1 rings (SSSR count). The largest absolute Gasteiger partial charge is 1.00 e. The monoisotopic (exact) mass is 336 g/mol. The number of ether oxygens (including phenoxy) is 1. The Balaban J connectivity index is 0. The molecule has 19 heavy (non-hydrogen) atoms. The second kappa shape index (κ2) is 10.6. The predicted octanol–water partition coefficient (Wildman–Crippen LogP) is -8.20. The zero-order valence-corrected chi connectivity index (χ0v) is 16.0. The minimum absolute atomic E-state index is 0. The van der Waals surface area contributed by atoms with E-state index in [4.69, 9.17) is 4.74 Å². The van der Waals surface area contributed by atoms with Crippen molar-refractivity contribution in [2.24, 2.45) is 0 Å². The molecule has 0 bridgehead atoms. The van der Waals surface area contributed by atoms with Crippen molar-refractivity contribution in [1.82, 2.24) is 0 Å². The molecule has 1 heterocycles. The molecular formula is C6H10Na2O9S2. The Labute approximate surface area is 157 Å². The third-order valence-corrected chi connectivity index (χ3v) is 2.86. The van der Waals surface area contributed by atoms with Gasteiger partial charge in [0.05, 0.1) is 30.7 Å². The van der Waals surface area contributed by atoms with Gasteiger partial charge in [-0.25, -0.2) is 12.6 Å². The molecule has 0 aromatic rings. The molecule has 1 aliphatic rings. The van der Waals surface area contributed by atoms with Gasteiger partial charge in [0.25, 0.3) is 0 Å². The van der Waals surface area contributed by atoms with E-state index in [0.717, 1.165) is 0 Å². The van der Waals surface area contributed by atoms with E-state index in [2.05, 4.69) is 8.37 Å². The fourth-order valence-corrected chi connectivity index (χ4v) is 2.03. The van der Waals surface area contributed by atoms with Gasteiger partial charge in [-0.05, 0) is 0 Å². The van der Waals surface area contributed by atoms with Crippen molar-refractivity contribution < 1.29 is 99.1 Å². The van der Waals surface area contributed by atoms with Gasteiger partial charge in [-0.2, -0.15) is 0 Å². The molecule has 102 valence electrons. The standard InChI is InChI=1S/C6H12O9S2.2Na/c7-5-3-13-4(2-14-17(10,11)12)1-6(5)15-16(8)9;;/h4-7H,1-3H2,(H,8,9)(H,10,11,12);;/q;2*+1/p-2. The van der Waals surface area contributed by atoms with Crippen LogP contribution in [0.5, 0.6) is 0 Å². The van der Waals surface area contributed by atoms with Crippen molar-refractivity contribution in [1.29, 1.82) is 0 Å². The van der Waals surface area contributed by atoms with Gasteiger partial charge >= 0.3 is 59.1 Å². The molecule has 0 amide bonds. The molecule has 0 aliphatic carbocycles. The van der Waals surface area contributed by atoms with Gasteiger partial charge in [0.2, 0.25) is 10.4 Å². The summed E-state index contributed by atoms with van der Waals surface area (Å²) in [5.74, 6) is 0. The van der Waals surface area contributed by atoms with Crippen LogP contribution in [0.2, 0.25) is 0 Å². The van der Waals surface area contributed by atoms with Crippen LogP contribution < -0.4 is 59.1 Å². The van der Waals surface area contributed by atoms with Crippen molar-refractivity contribution in [3.05, 3.63) is 0 Å². The van der Waals surface area contributed by atoms with Crippen LogP contribution in [0.25, 0.3) is 0 Å². The smallest absolute Gasteiger partial charge is 0.750 e. The summed E-state index contributed by atoms with van der Waals surface area (Å²) >= 11 is -2.81. The van der Waals surface area contributed by atoms with Crippen LogP contribution in [-0.4, -0.2) is 58.4 Å². The van der Waals surface area contributed by atoms with E-state index in [1.807, 2.05) is 0 Å². The molecule has 1 saturated heterocycles. The molecule has 9 nitrogen and oxygen atoms in total. The molecule has 0 aromatic heterocycles. The summed E-state index contributed by atoms with van der Waals surface area (Å²) in [5.41, 5.74) is 0. The first-order valence-electron chi connectivity index (χ1n) is 4.44. The molecule has 13 heteroatoms. The number of rotatable bonds is 5. The van der Waals surface area contributed by atoms with Crippen molar-refractivity contribution in [3.8, 4) is 0 Å². The van der Waals surface area contributed by atoms with Crippen LogP contribution in [0.3, 0.4) is 0 Å². The third kappa shape index (κ3) is 10.3. The molecule has 0 radical (unpaired) electrons. The van der Waals surface area contributed by atoms with Crippen molar-refractivity contribution in [2.75, 3.05) is 13.2 Å². The van der Waals surface area contributed by atoms with Crippen LogP contribution in [0.1, 0.15) is 6.42 Å². The van der Waals surface area contributed by atoms with Crippen LogP contribution in [0.15, 0.2) is 0 Å². The minimum Gasteiger partial charge on any atom is -0.750 e. The Morgan fingerprint density at radius 3 is 2.47 bits per heavy atom. The maximum atomic E-state index is 10.3. The van der Waals surface area contributed by atoms with Gasteiger partial charge in [-0.3, -0.25) is 8.37 Å². The van der Waals surface area contributed by atoms with Gasteiger partial charge in [-0.1, -0.05) is 0 Å². The summed E-state index contributed by atoms with van der Waals surface area (Å²) in [7, 11) is -4.83. The van der Waals surface area contributed by atoms with Gasteiger partial charge < -0.3 is 18.9 Å². The molecule has 0 aromatic carbocycles. The molecule has 1 aliphatic heterocycles. The Kier molecular flexibility index (Phi) is 12.9. The van der Waals surface area contributed by atoms with E-state index < -0.39 is 46.7 Å². The fraction of sp³-hybridized carbons (Fsp3) is 1.00. The molecule has 1 fully saturated rings. The third-order valence-electron chi connectivity index (χ3n) is 2.03. The van der Waals surface area contributed by atoms with E-state index in [9.17, 15) is 26.8 Å². The average Bonchev–Trinajstić information content (AvgIpc) is 2.17. The number of hydrogen-bond donors (Lipinski definition) is 1. The minimum atomic E-state index is -4.83. The molecule has 0 spiro atoms. The molecule has 4 atom stereocenters. The van der Waals surface area contributed by atoms with Gasteiger partial charge in [0.1, 0.15) is 12.2 Å². The van der Waals surface area contributed by atoms with Crippen molar-refractivity contribution >= 4 is 21.8 Å². The quantitative estimate of drug-likeness (QED) is 0.224. The first kappa shape index (κ1) is 23.1. The SMILES string of the molecule is O=S([O-])OC1CC(COS(=O)(=O)[O-])OCC1O.[Na+].[Na+]. The van der Waals surface area contributed by atoms with E-state index in [0.29, 0.717) is 0 Å². The zero-order chi connectivity index (χ0) is 13.1. The van der Waals surface area contributed by atoms with Gasteiger partial charge in [-0.15, -0.1) is 0 Å². The van der Waals surface area contributed by atoms with Crippen LogP contribution in [0, 0.1) is 0 Å². The topological polar surface area (TPSA) is 145 Å². The van der Waals surface area contributed by atoms with Crippen molar-refractivity contribution in [3.63, 3.8) is 0 Å².